The van der Waals surface area contributed by atoms with Gasteiger partial charge in [-0.25, -0.2) is 9.59 Å². The van der Waals surface area contributed by atoms with Crippen molar-refractivity contribution in [1.82, 2.24) is 5.32 Å². The highest BCUT2D eigenvalue weighted by Crippen LogP contribution is 2.44. The molecule has 0 aromatic heterocycles. The van der Waals surface area contributed by atoms with Crippen LogP contribution in [0, 0.1) is 0 Å². The number of nitrogens with two attached hydrogens (primary N) is 1. The Labute approximate surface area is 200 Å². The quantitative estimate of drug-likeness (QED) is 0.504. The van der Waals surface area contributed by atoms with Crippen molar-refractivity contribution < 1.29 is 19.1 Å². The van der Waals surface area contributed by atoms with Gasteiger partial charge in [-0.1, -0.05) is 72.8 Å². The van der Waals surface area contributed by atoms with Crippen molar-refractivity contribution in [2.24, 2.45) is 5.73 Å². The average Bonchev–Trinajstić information content (AvgIpc) is 3.14. The second-order valence-electron chi connectivity index (χ2n) is 9.43. The van der Waals surface area contributed by atoms with E-state index >= 15 is 0 Å². The highest BCUT2D eigenvalue weighted by atomic mass is 16.6. The van der Waals surface area contributed by atoms with E-state index in [-0.39, 0.29) is 12.5 Å². The molecule has 0 saturated carbocycles. The van der Waals surface area contributed by atoms with E-state index in [1.807, 2.05) is 36.4 Å². The predicted octanol–water partition coefficient (Wildman–Crippen LogP) is 5.07. The normalized spacial score (nSPS) is 13.5. The fraction of sp³-hybridized carbons (Fsp3) is 0.286. The molecule has 1 atom stereocenters. The number of amides is 1. The first-order valence-corrected chi connectivity index (χ1v) is 11.4. The molecule has 0 saturated heterocycles. The monoisotopic (exact) mass is 458 g/mol. The lowest BCUT2D eigenvalue weighted by Gasteiger charge is -2.22. The third-order valence-corrected chi connectivity index (χ3v) is 5.78. The minimum atomic E-state index is -0.858. The molecule has 6 heteroatoms. The van der Waals surface area contributed by atoms with Crippen LogP contribution in [0.25, 0.3) is 11.1 Å². The molecule has 176 valence electrons. The van der Waals surface area contributed by atoms with Crippen molar-refractivity contribution >= 4 is 12.1 Å². The molecule has 3 aromatic rings. The maximum Gasteiger partial charge on any atom is 0.407 e. The molecule has 0 bridgehead atoms. The van der Waals surface area contributed by atoms with Crippen LogP contribution in [0.15, 0.2) is 72.8 Å². The van der Waals surface area contributed by atoms with Crippen molar-refractivity contribution in [1.29, 1.82) is 0 Å². The van der Waals surface area contributed by atoms with Crippen LogP contribution in [0.5, 0.6) is 0 Å². The zero-order valence-electron chi connectivity index (χ0n) is 19.7. The van der Waals surface area contributed by atoms with Gasteiger partial charge in [-0.05, 0) is 54.2 Å². The van der Waals surface area contributed by atoms with Gasteiger partial charge in [-0.15, -0.1) is 0 Å². The van der Waals surface area contributed by atoms with Gasteiger partial charge < -0.3 is 20.5 Å². The van der Waals surface area contributed by atoms with E-state index in [1.165, 1.54) is 22.3 Å². The van der Waals surface area contributed by atoms with Gasteiger partial charge in [0.25, 0.3) is 0 Å². The summed E-state index contributed by atoms with van der Waals surface area (Å²) in [4.78, 5) is 24.6. The Morgan fingerprint density at radius 3 is 2.03 bits per heavy atom. The Morgan fingerprint density at radius 1 is 0.912 bits per heavy atom. The van der Waals surface area contributed by atoms with Crippen molar-refractivity contribution in [3.8, 4) is 11.1 Å². The molecule has 1 aliphatic carbocycles. The summed E-state index contributed by atoms with van der Waals surface area (Å²) in [6.07, 6.45) is -0.476. The van der Waals surface area contributed by atoms with Crippen LogP contribution in [0.4, 0.5) is 4.79 Å². The van der Waals surface area contributed by atoms with Gasteiger partial charge in [-0.2, -0.15) is 0 Å². The number of nitrogens with one attached hydrogen (secondary N) is 1. The standard InChI is InChI=1S/C28H30N2O4/c1-28(2,3)34-26(31)25(29)19-14-12-18(13-15-19)16-30-27(32)33-17-24-22-10-6-4-8-20(22)21-9-5-7-11-23(21)24/h4-15,24-25H,16-17,29H2,1-3H3,(H,30,32). The smallest absolute Gasteiger partial charge is 0.407 e. The van der Waals surface area contributed by atoms with E-state index in [2.05, 4.69) is 29.6 Å². The van der Waals surface area contributed by atoms with Crippen LogP contribution in [-0.2, 0) is 20.8 Å². The predicted molar refractivity (Wildman–Crippen MR) is 131 cm³/mol. The van der Waals surface area contributed by atoms with E-state index in [1.54, 1.807) is 32.9 Å². The van der Waals surface area contributed by atoms with Crippen LogP contribution in [-0.4, -0.2) is 24.3 Å². The number of ether oxygens (including phenoxy) is 2. The summed E-state index contributed by atoms with van der Waals surface area (Å²) in [5.41, 5.74) is 11.7. The summed E-state index contributed by atoms with van der Waals surface area (Å²) in [7, 11) is 0. The van der Waals surface area contributed by atoms with E-state index in [0.29, 0.717) is 12.1 Å². The van der Waals surface area contributed by atoms with Crippen molar-refractivity contribution in [3.05, 3.63) is 95.1 Å². The lowest BCUT2D eigenvalue weighted by molar-refractivity contribution is -0.156. The molecular weight excluding hydrogens is 428 g/mol. The number of fused-ring (bicyclic) bond motifs is 3. The lowest BCUT2D eigenvalue weighted by atomic mass is 9.98. The van der Waals surface area contributed by atoms with Gasteiger partial charge in [0, 0.05) is 12.5 Å². The van der Waals surface area contributed by atoms with Crippen LogP contribution in [0.1, 0.15) is 55.0 Å². The first-order chi connectivity index (χ1) is 16.2. The summed E-state index contributed by atoms with van der Waals surface area (Å²) in [6, 6.07) is 22.8. The van der Waals surface area contributed by atoms with Crippen LogP contribution >= 0.6 is 0 Å². The molecule has 4 rings (SSSR count). The molecule has 0 spiro atoms. The molecule has 1 unspecified atom stereocenters. The zero-order valence-corrected chi connectivity index (χ0v) is 19.7. The number of hydrogen-bond acceptors (Lipinski definition) is 5. The summed E-state index contributed by atoms with van der Waals surface area (Å²) in [6.45, 7) is 5.98. The summed E-state index contributed by atoms with van der Waals surface area (Å²) in [5.74, 6) is -0.455. The molecule has 1 aliphatic rings. The Kier molecular flexibility index (Phi) is 6.70. The van der Waals surface area contributed by atoms with Crippen LogP contribution < -0.4 is 11.1 Å². The highest BCUT2D eigenvalue weighted by Gasteiger charge is 2.29. The molecule has 6 nitrogen and oxygen atoms in total. The van der Waals surface area contributed by atoms with Crippen molar-refractivity contribution in [2.75, 3.05) is 6.61 Å². The fourth-order valence-electron chi connectivity index (χ4n) is 4.17. The van der Waals surface area contributed by atoms with Crippen LogP contribution in [0.2, 0.25) is 0 Å². The first-order valence-electron chi connectivity index (χ1n) is 11.4. The number of esters is 1. The SMILES string of the molecule is CC(C)(C)OC(=O)C(N)c1ccc(CNC(=O)OCC2c3ccccc3-c3ccccc32)cc1. The van der Waals surface area contributed by atoms with Gasteiger partial charge in [0.15, 0.2) is 0 Å². The van der Waals surface area contributed by atoms with Gasteiger partial charge >= 0.3 is 12.1 Å². The Morgan fingerprint density at radius 2 is 1.47 bits per heavy atom. The van der Waals surface area contributed by atoms with E-state index in [0.717, 1.165) is 5.56 Å². The maximum absolute atomic E-state index is 12.4. The van der Waals surface area contributed by atoms with Crippen molar-refractivity contribution in [3.63, 3.8) is 0 Å². The van der Waals surface area contributed by atoms with Gasteiger partial charge in [-0.3, -0.25) is 0 Å². The van der Waals surface area contributed by atoms with E-state index in [9.17, 15) is 9.59 Å². The first kappa shape index (κ1) is 23.5. The second-order valence-corrected chi connectivity index (χ2v) is 9.43. The summed E-state index contributed by atoms with van der Waals surface area (Å²) < 4.78 is 10.9. The Balaban J connectivity index is 1.31. The number of carbonyl (C=O) groups is 2. The van der Waals surface area contributed by atoms with Gasteiger partial charge in [0.05, 0.1) is 0 Å². The maximum atomic E-state index is 12.4. The van der Waals surface area contributed by atoms with Gasteiger partial charge in [0.2, 0.25) is 0 Å². The lowest BCUT2D eigenvalue weighted by Crippen LogP contribution is -2.31. The number of carbonyl (C=O) groups excluding carboxylic acids is 2. The third-order valence-electron chi connectivity index (χ3n) is 5.78. The number of benzene rings is 3. The Hall–Kier alpha value is -3.64. The number of alkyl carbamates (subject to hydrolysis) is 1. The molecule has 0 radical (unpaired) electrons. The molecule has 0 fully saturated rings. The minimum Gasteiger partial charge on any atom is -0.459 e. The van der Waals surface area contributed by atoms with Crippen LogP contribution in [0.3, 0.4) is 0 Å². The molecule has 0 aliphatic heterocycles. The summed E-state index contributed by atoms with van der Waals surface area (Å²) in [5, 5.41) is 2.79. The minimum absolute atomic E-state index is 0.0202. The molecule has 3 aromatic carbocycles. The largest absolute Gasteiger partial charge is 0.459 e. The topological polar surface area (TPSA) is 90.6 Å². The fourth-order valence-corrected chi connectivity index (χ4v) is 4.17. The second kappa shape index (κ2) is 9.69. The van der Waals surface area contributed by atoms with Crippen molar-refractivity contribution in [2.45, 2.75) is 44.9 Å². The number of hydrogen-bond donors (Lipinski definition) is 2. The summed E-state index contributed by atoms with van der Waals surface area (Å²) >= 11 is 0. The molecule has 34 heavy (non-hydrogen) atoms. The molecular formula is C28H30N2O4. The molecule has 0 heterocycles. The van der Waals surface area contributed by atoms with E-state index < -0.39 is 23.7 Å². The number of rotatable bonds is 6. The Bertz CT molecular complexity index is 1140. The molecule has 1 amide bonds. The van der Waals surface area contributed by atoms with Gasteiger partial charge in [0.1, 0.15) is 18.2 Å². The third kappa shape index (κ3) is 5.29. The highest BCUT2D eigenvalue weighted by molar-refractivity contribution is 5.79. The zero-order chi connectivity index (χ0) is 24.3. The van der Waals surface area contributed by atoms with E-state index in [4.69, 9.17) is 15.2 Å². The average molecular weight is 459 g/mol. The molecule has 3 N–H and O–H groups in total.